The number of hydrogen-bond acceptors (Lipinski definition) is 5. The highest BCUT2D eigenvalue weighted by molar-refractivity contribution is 6.41. The van der Waals surface area contributed by atoms with E-state index in [2.05, 4.69) is 20.6 Å². The SMILES string of the molecule is COC(=O)c1ccc(/C=N\NC(=O)C(=O)Nc2ccccc2Cl)cc1. The molecule has 0 bridgehead atoms. The standard InChI is InChI=1S/C17H14ClN3O4/c1-25-17(24)12-8-6-11(7-9-12)10-19-21-16(23)15(22)20-14-5-3-2-4-13(14)18/h2-10H,1H3,(H,20,22)(H,21,23)/b19-10-. The van der Waals surface area contributed by atoms with E-state index < -0.39 is 17.8 Å². The number of para-hydroxylation sites is 1. The second-order valence-electron chi connectivity index (χ2n) is 4.75. The van der Waals surface area contributed by atoms with Crippen LogP contribution in [0.4, 0.5) is 5.69 Å². The summed E-state index contributed by atoms with van der Waals surface area (Å²) in [4.78, 5) is 34.8. The maximum atomic E-state index is 11.8. The van der Waals surface area contributed by atoms with Gasteiger partial charge in [0.15, 0.2) is 0 Å². The summed E-state index contributed by atoms with van der Waals surface area (Å²) in [6.07, 6.45) is 1.34. The number of hydrogen-bond donors (Lipinski definition) is 2. The average molecular weight is 360 g/mol. The number of methoxy groups -OCH3 is 1. The molecule has 2 aromatic carbocycles. The molecule has 2 rings (SSSR count). The summed E-state index contributed by atoms with van der Waals surface area (Å²) in [5, 5.41) is 6.38. The van der Waals surface area contributed by atoms with Gasteiger partial charge in [0.05, 0.1) is 29.6 Å². The summed E-state index contributed by atoms with van der Waals surface area (Å²) >= 11 is 5.89. The van der Waals surface area contributed by atoms with Gasteiger partial charge in [-0.25, -0.2) is 10.2 Å². The van der Waals surface area contributed by atoms with E-state index in [1.54, 1.807) is 48.5 Å². The topological polar surface area (TPSA) is 96.9 Å². The average Bonchev–Trinajstić information content (AvgIpc) is 2.63. The zero-order chi connectivity index (χ0) is 18.2. The molecule has 0 aromatic heterocycles. The first kappa shape index (κ1) is 18.2. The van der Waals surface area contributed by atoms with Crippen molar-refractivity contribution in [2.24, 2.45) is 5.10 Å². The van der Waals surface area contributed by atoms with Crippen LogP contribution in [-0.2, 0) is 14.3 Å². The molecular weight excluding hydrogens is 346 g/mol. The second kappa shape index (κ2) is 8.60. The maximum Gasteiger partial charge on any atom is 0.337 e. The Morgan fingerprint density at radius 2 is 1.72 bits per heavy atom. The molecule has 25 heavy (non-hydrogen) atoms. The minimum atomic E-state index is -0.942. The van der Waals surface area contributed by atoms with Gasteiger partial charge in [0.2, 0.25) is 0 Å². The molecule has 0 fully saturated rings. The lowest BCUT2D eigenvalue weighted by Crippen LogP contribution is -2.32. The molecule has 2 N–H and O–H groups in total. The van der Waals surface area contributed by atoms with Gasteiger partial charge < -0.3 is 10.1 Å². The van der Waals surface area contributed by atoms with Gasteiger partial charge in [-0.15, -0.1) is 0 Å². The van der Waals surface area contributed by atoms with Crippen LogP contribution < -0.4 is 10.7 Å². The Kier molecular flexibility index (Phi) is 6.25. The van der Waals surface area contributed by atoms with Gasteiger partial charge in [0, 0.05) is 0 Å². The van der Waals surface area contributed by atoms with Crippen LogP contribution in [0.2, 0.25) is 5.02 Å². The van der Waals surface area contributed by atoms with Gasteiger partial charge in [-0.05, 0) is 29.8 Å². The minimum absolute atomic E-state index is 0.317. The number of nitrogens with one attached hydrogen (secondary N) is 2. The predicted octanol–water partition coefficient (Wildman–Crippen LogP) is 2.22. The van der Waals surface area contributed by atoms with Crippen molar-refractivity contribution in [3.8, 4) is 0 Å². The van der Waals surface area contributed by atoms with Crippen LogP contribution in [0.15, 0.2) is 53.6 Å². The van der Waals surface area contributed by atoms with Crippen molar-refractivity contribution in [1.29, 1.82) is 0 Å². The third-order valence-corrected chi connectivity index (χ3v) is 3.37. The minimum Gasteiger partial charge on any atom is -0.465 e. The summed E-state index contributed by atoms with van der Waals surface area (Å²) < 4.78 is 4.59. The van der Waals surface area contributed by atoms with E-state index in [0.717, 1.165) is 0 Å². The molecule has 0 saturated heterocycles. The van der Waals surface area contributed by atoms with Crippen LogP contribution in [-0.4, -0.2) is 31.1 Å². The van der Waals surface area contributed by atoms with Gasteiger partial charge >= 0.3 is 17.8 Å². The Labute approximate surface area is 148 Å². The van der Waals surface area contributed by atoms with Crippen molar-refractivity contribution < 1.29 is 19.1 Å². The summed E-state index contributed by atoms with van der Waals surface area (Å²) in [7, 11) is 1.29. The van der Waals surface area contributed by atoms with E-state index in [0.29, 0.717) is 21.8 Å². The fourth-order valence-electron chi connectivity index (χ4n) is 1.78. The van der Waals surface area contributed by atoms with E-state index in [9.17, 15) is 14.4 Å². The third-order valence-electron chi connectivity index (χ3n) is 3.04. The smallest absolute Gasteiger partial charge is 0.337 e. The van der Waals surface area contributed by atoms with Crippen molar-refractivity contribution >= 4 is 41.3 Å². The van der Waals surface area contributed by atoms with Gasteiger partial charge in [-0.3, -0.25) is 9.59 Å². The number of carbonyl (C=O) groups excluding carboxylic acids is 3. The number of nitrogens with zero attached hydrogens (tertiary/aromatic N) is 1. The fraction of sp³-hybridized carbons (Fsp3) is 0.0588. The van der Waals surface area contributed by atoms with Crippen LogP contribution in [0, 0.1) is 0 Å². The molecule has 0 heterocycles. The molecule has 0 unspecified atom stereocenters. The van der Waals surface area contributed by atoms with Gasteiger partial charge in [-0.2, -0.15) is 5.10 Å². The Hall–Kier alpha value is -3.19. The van der Waals surface area contributed by atoms with Crippen LogP contribution >= 0.6 is 11.6 Å². The second-order valence-corrected chi connectivity index (χ2v) is 5.15. The lowest BCUT2D eigenvalue weighted by atomic mass is 10.1. The van der Waals surface area contributed by atoms with Gasteiger partial charge in [-0.1, -0.05) is 35.9 Å². The molecule has 0 aliphatic rings. The van der Waals surface area contributed by atoms with Crippen molar-refractivity contribution in [3.63, 3.8) is 0 Å². The first-order chi connectivity index (χ1) is 12.0. The molecule has 128 valence electrons. The van der Waals surface area contributed by atoms with Crippen LogP contribution in [0.1, 0.15) is 15.9 Å². The molecule has 0 aliphatic carbocycles. The van der Waals surface area contributed by atoms with E-state index in [-0.39, 0.29) is 0 Å². The summed E-state index contributed by atoms with van der Waals surface area (Å²) in [5.74, 6) is -2.29. The highest BCUT2D eigenvalue weighted by Gasteiger charge is 2.14. The number of hydrazone groups is 1. The fourth-order valence-corrected chi connectivity index (χ4v) is 1.96. The van der Waals surface area contributed by atoms with Gasteiger partial charge in [0.1, 0.15) is 0 Å². The number of carbonyl (C=O) groups is 3. The van der Waals surface area contributed by atoms with E-state index in [1.165, 1.54) is 13.3 Å². The lowest BCUT2D eigenvalue weighted by Gasteiger charge is -2.05. The molecule has 7 nitrogen and oxygen atoms in total. The number of benzene rings is 2. The van der Waals surface area contributed by atoms with Crippen LogP contribution in [0.5, 0.6) is 0 Å². The lowest BCUT2D eigenvalue weighted by molar-refractivity contribution is -0.136. The molecule has 2 amide bonds. The predicted molar refractivity (Wildman–Crippen MR) is 93.6 cm³/mol. The number of halogens is 1. The van der Waals surface area contributed by atoms with Crippen LogP contribution in [0.3, 0.4) is 0 Å². The zero-order valence-electron chi connectivity index (χ0n) is 13.2. The van der Waals surface area contributed by atoms with Gasteiger partial charge in [0.25, 0.3) is 0 Å². The summed E-state index contributed by atoms with van der Waals surface area (Å²) in [6.45, 7) is 0. The quantitative estimate of drug-likeness (QED) is 0.378. The molecule has 2 aromatic rings. The highest BCUT2D eigenvalue weighted by atomic mass is 35.5. The Balaban J connectivity index is 1.90. The number of ether oxygens (including phenoxy) is 1. The largest absolute Gasteiger partial charge is 0.465 e. The van der Waals surface area contributed by atoms with E-state index in [4.69, 9.17) is 11.6 Å². The molecule has 0 spiro atoms. The summed E-state index contributed by atoms with van der Waals surface area (Å²) in [6, 6.07) is 12.9. The molecule has 8 heteroatoms. The summed E-state index contributed by atoms with van der Waals surface area (Å²) in [5.41, 5.74) is 3.44. The highest BCUT2D eigenvalue weighted by Crippen LogP contribution is 2.20. The normalized spacial score (nSPS) is 10.3. The number of rotatable bonds is 4. The van der Waals surface area contributed by atoms with Crippen LogP contribution in [0.25, 0.3) is 0 Å². The van der Waals surface area contributed by atoms with Crippen molar-refractivity contribution in [2.75, 3.05) is 12.4 Å². The monoisotopic (exact) mass is 359 g/mol. The Morgan fingerprint density at radius 1 is 1.04 bits per heavy atom. The first-order valence-electron chi connectivity index (χ1n) is 7.08. The van der Waals surface area contributed by atoms with E-state index >= 15 is 0 Å². The van der Waals surface area contributed by atoms with E-state index in [1.807, 2.05) is 0 Å². The number of amides is 2. The molecule has 0 radical (unpaired) electrons. The molecular formula is C17H14ClN3O4. The molecule has 0 aliphatic heterocycles. The molecule has 0 atom stereocenters. The number of anilines is 1. The van der Waals surface area contributed by atoms with Crippen molar-refractivity contribution in [3.05, 3.63) is 64.7 Å². The zero-order valence-corrected chi connectivity index (χ0v) is 13.9. The van der Waals surface area contributed by atoms with Crippen molar-refractivity contribution in [1.82, 2.24) is 5.43 Å². The number of esters is 1. The first-order valence-corrected chi connectivity index (χ1v) is 7.46. The Morgan fingerprint density at radius 3 is 2.36 bits per heavy atom. The molecule has 0 saturated carbocycles. The third kappa shape index (κ3) is 5.15. The van der Waals surface area contributed by atoms with Crippen molar-refractivity contribution in [2.45, 2.75) is 0 Å². The maximum absolute atomic E-state index is 11.8. The Bertz CT molecular complexity index is 819.